The molecular weight excluding hydrogens is 420 g/mol. The number of aliphatic carboxylic acids is 1. The Morgan fingerprint density at radius 3 is 2.18 bits per heavy atom. The molecule has 5 rings (SSSR count). The van der Waals surface area contributed by atoms with Gasteiger partial charge in [0.15, 0.2) is 0 Å². The number of carboxylic acids is 1. The quantitative estimate of drug-likeness (QED) is 0.604. The fourth-order valence-corrected chi connectivity index (χ4v) is 5.96. The lowest BCUT2D eigenvalue weighted by Gasteiger charge is -2.57. The summed E-state index contributed by atoms with van der Waals surface area (Å²) in [6.07, 6.45) is 2.40. The third-order valence-electron chi connectivity index (χ3n) is 7.64. The van der Waals surface area contributed by atoms with E-state index in [0.717, 1.165) is 42.5 Å². The number of fused-ring (bicyclic) bond motifs is 2. The minimum Gasteiger partial charge on any atom is -0.481 e. The van der Waals surface area contributed by atoms with Crippen molar-refractivity contribution in [1.29, 1.82) is 0 Å². The molecule has 7 heteroatoms. The minimum atomic E-state index is -0.978. The second-order valence-electron chi connectivity index (χ2n) is 9.53. The van der Waals surface area contributed by atoms with E-state index in [1.807, 2.05) is 59.5 Å². The number of rotatable bonds is 7. The first kappa shape index (κ1) is 21.6. The van der Waals surface area contributed by atoms with Crippen LogP contribution in [0.15, 0.2) is 54.6 Å². The van der Waals surface area contributed by atoms with Gasteiger partial charge >= 0.3 is 12.1 Å². The molecule has 2 N–H and O–H groups in total. The van der Waals surface area contributed by atoms with E-state index in [4.69, 9.17) is 5.11 Å². The largest absolute Gasteiger partial charge is 0.519 e. The number of carbonyl (C=O) groups is 3. The van der Waals surface area contributed by atoms with E-state index in [0.29, 0.717) is 6.54 Å². The van der Waals surface area contributed by atoms with Crippen molar-refractivity contribution in [2.24, 2.45) is 5.92 Å². The molecule has 1 aliphatic heterocycles. The molecule has 1 heterocycles. The Bertz CT molecular complexity index is 1080. The second kappa shape index (κ2) is 8.30. The van der Waals surface area contributed by atoms with Gasteiger partial charge < -0.3 is 15.1 Å². The van der Waals surface area contributed by atoms with Gasteiger partial charge in [0, 0.05) is 42.0 Å². The Balaban J connectivity index is 1.60. The number of para-hydroxylation sites is 1. The van der Waals surface area contributed by atoms with Crippen molar-refractivity contribution in [2.75, 3.05) is 0 Å². The Kier molecular flexibility index (Phi) is 5.44. The molecule has 2 aromatic carbocycles. The van der Waals surface area contributed by atoms with Crippen molar-refractivity contribution in [1.82, 2.24) is 9.38 Å². The van der Waals surface area contributed by atoms with Gasteiger partial charge in [-0.1, -0.05) is 48.5 Å². The number of carboxylic acid groups (broad SMARTS) is 2. The summed E-state index contributed by atoms with van der Waals surface area (Å²) < 4.78 is -0.150. The molecule has 0 radical (unpaired) electrons. The zero-order valence-electron chi connectivity index (χ0n) is 18.5. The molecule has 1 unspecified atom stereocenters. The van der Waals surface area contributed by atoms with Crippen LogP contribution in [-0.4, -0.2) is 45.2 Å². The molecule has 2 fully saturated rings. The predicted octanol–water partition coefficient (Wildman–Crippen LogP) is 4.56. The highest BCUT2D eigenvalue weighted by molar-refractivity contribution is 5.86. The first-order valence-electron chi connectivity index (χ1n) is 11.7. The molecule has 2 amide bonds. The van der Waals surface area contributed by atoms with E-state index in [1.54, 1.807) is 0 Å². The van der Waals surface area contributed by atoms with E-state index in [9.17, 15) is 19.5 Å². The van der Waals surface area contributed by atoms with Crippen molar-refractivity contribution in [2.45, 2.75) is 63.2 Å². The van der Waals surface area contributed by atoms with Crippen molar-refractivity contribution < 1.29 is 24.6 Å². The summed E-state index contributed by atoms with van der Waals surface area (Å²) in [4.78, 5) is 39.3. The average Bonchev–Trinajstić information content (AvgIpc) is 3.61. The number of hydrogen-bond acceptors (Lipinski definition) is 3. The number of amides is 2. The molecule has 3 aliphatic rings. The first-order valence-corrected chi connectivity index (χ1v) is 11.7. The Labute approximate surface area is 192 Å². The SMILES string of the molecule is O=C(O)CCC(=O)N(C1CC1)[C@@H]1c2ccccc2[N+](Cc2ccccc2)(C(=O)O)[C@@H]2CC[C@@H]12. The lowest BCUT2D eigenvalue weighted by atomic mass is 9.66. The van der Waals surface area contributed by atoms with E-state index < -0.39 is 12.1 Å². The highest BCUT2D eigenvalue weighted by Gasteiger charge is 2.63. The zero-order chi connectivity index (χ0) is 23.2. The highest BCUT2D eigenvalue weighted by Crippen LogP contribution is 2.57. The van der Waals surface area contributed by atoms with Gasteiger partial charge in [0.05, 0.1) is 12.5 Å². The van der Waals surface area contributed by atoms with Crippen molar-refractivity contribution >= 4 is 23.7 Å². The lowest BCUT2D eigenvalue weighted by molar-refractivity contribution is -0.144. The molecule has 172 valence electrons. The van der Waals surface area contributed by atoms with Crippen LogP contribution in [0, 0.1) is 5.92 Å². The minimum absolute atomic E-state index is 0.0230. The molecule has 2 aromatic rings. The second-order valence-corrected chi connectivity index (χ2v) is 9.53. The molecule has 4 atom stereocenters. The molecule has 33 heavy (non-hydrogen) atoms. The van der Waals surface area contributed by atoms with Crippen LogP contribution in [0.1, 0.15) is 55.7 Å². The highest BCUT2D eigenvalue weighted by atomic mass is 16.4. The Morgan fingerprint density at radius 2 is 1.58 bits per heavy atom. The van der Waals surface area contributed by atoms with Crippen molar-refractivity contribution in [3.8, 4) is 0 Å². The van der Waals surface area contributed by atoms with E-state index in [2.05, 4.69) is 0 Å². The van der Waals surface area contributed by atoms with E-state index in [1.165, 1.54) is 0 Å². The van der Waals surface area contributed by atoms with Gasteiger partial charge in [-0.3, -0.25) is 9.59 Å². The molecule has 7 nitrogen and oxygen atoms in total. The molecule has 0 bridgehead atoms. The van der Waals surface area contributed by atoms with Crippen LogP contribution in [0.4, 0.5) is 10.5 Å². The number of carbonyl (C=O) groups excluding carboxylic acids is 1. The van der Waals surface area contributed by atoms with E-state index >= 15 is 0 Å². The molecular formula is C26H29N2O5+. The van der Waals surface area contributed by atoms with Crippen LogP contribution >= 0.6 is 0 Å². The maximum atomic E-state index is 13.2. The van der Waals surface area contributed by atoms with Gasteiger partial charge in [0.1, 0.15) is 18.3 Å². The van der Waals surface area contributed by atoms with Crippen LogP contribution in [0.25, 0.3) is 0 Å². The third-order valence-corrected chi connectivity index (χ3v) is 7.64. The van der Waals surface area contributed by atoms with Crippen LogP contribution in [-0.2, 0) is 16.1 Å². The van der Waals surface area contributed by atoms with Crippen molar-refractivity contribution in [3.05, 3.63) is 65.7 Å². The van der Waals surface area contributed by atoms with Gasteiger partial charge in [0.2, 0.25) is 5.91 Å². The lowest BCUT2D eigenvalue weighted by Crippen LogP contribution is -2.70. The average molecular weight is 450 g/mol. The summed E-state index contributed by atoms with van der Waals surface area (Å²) in [6, 6.07) is 17.2. The molecule has 0 spiro atoms. The molecule has 2 saturated carbocycles. The maximum Gasteiger partial charge on any atom is 0.519 e. The molecule has 2 aliphatic carbocycles. The number of hydrogen-bond donors (Lipinski definition) is 2. The van der Waals surface area contributed by atoms with Gasteiger partial charge in [-0.15, -0.1) is 0 Å². The summed E-state index contributed by atoms with van der Waals surface area (Å²) in [7, 11) is 0. The fraction of sp³-hybridized carbons (Fsp3) is 0.423. The van der Waals surface area contributed by atoms with Crippen molar-refractivity contribution in [3.63, 3.8) is 0 Å². The summed E-state index contributed by atoms with van der Waals surface area (Å²) >= 11 is 0. The summed E-state index contributed by atoms with van der Waals surface area (Å²) in [5.74, 6) is -1.08. The first-order chi connectivity index (χ1) is 15.9. The van der Waals surface area contributed by atoms with Gasteiger partial charge in [0.25, 0.3) is 0 Å². The third kappa shape index (κ3) is 3.60. The topological polar surface area (TPSA) is 94.9 Å². The maximum absolute atomic E-state index is 13.2. The van der Waals surface area contributed by atoms with Crippen LogP contribution in [0.3, 0.4) is 0 Å². The smallest absolute Gasteiger partial charge is 0.481 e. The standard InChI is InChI=1S/C26H28N2O5/c29-23(14-15-24(30)31)27(18-10-11-18)25-19-8-4-5-9-21(19)28(26(32)33,22-13-12-20(22)25)16-17-6-2-1-3-7-17/h1-9,18,20,22,25H,10-16H2,(H-,30,31,32,33)/p+1/t20-,22-,25-,28?/m1/s1. The Hall–Kier alpha value is -3.19. The zero-order valence-corrected chi connectivity index (χ0v) is 18.5. The van der Waals surface area contributed by atoms with Gasteiger partial charge in [-0.05, 0) is 19.3 Å². The summed E-state index contributed by atoms with van der Waals surface area (Å²) in [6.45, 7) is 0.359. The van der Waals surface area contributed by atoms with Crippen LogP contribution < -0.4 is 4.48 Å². The predicted molar refractivity (Wildman–Crippen MR) is 122 cm³/mol. The normalized spacial score (nSPS) is 27.6. The van der Waals surface area contributed by atoms with Crippen LogP contribution in [0.2, 0.25) is 0 Å². The van der Waals surface area contributed by atoms with Crippen LogP contribution in [0.5, 0.6) is 0 Å². The molecule has 0 aromatic heterocycles. The number of benzene rings is 2. The number of nitrogens with zero attached hydrogens (tertiary/aromatic N) is 2. The van der Waals surface area contributed by atoms with E-state index in [-0.39, 0.29) is 47.3 Å². The monoisotopic (exact) mass is 449 g/mol. The fourth-order valence-electron chi connectivity index (χ4n) is 5.96. The Morgan fingerprint density at radius 1 is 0.879 bits per heavy atom. The number of quaternary nitrogens is 1. The summed E-state index contributed by atoms with van der Waals surface area (Å²) in [5, 5.41) is 19.7. The van der Waals surface area contributed by atoms with Gasteiger partial charge in [-0.2, -0.15) is 9.28 Å². The van der Waals surface area contributed by atoms with Gasteiger partial charge in [-0.25, -0.2) is 0 Å². The summed E-state index contributed by atoms with van der Waals surface area (Å²) in [5.41, 5.74) is 2.61. The molecule has 0 saturated heterocycles.